The van der Waals surface area contributed by atoms with Crippen LogP contribution >= 0.6 is 11.6 Å². The first-order valence-electron chi connectivity index (χ1n) is 9.82. The second-order valence-corrected chi connectivity index (χ2v) is 7.73. The van der Waals surface area contributed by atoms with Crippen LogP contribution in [0.25, 0.3) is 16.8 Å². The minimum absolute atomic E-state index is 0.114. The molecule has 1 aromatic carbocycles. The van der Waals surface area contributed by atoms with Crippen LogP contribution in [0.2, 0.25) is 5.02 Å². The highest BCUT2D eigenvalue weighted by Gasteiger charge is 2.16. The van der Waals surface area contributed by atoms with E-state index in [1.165, 1.54) is 22.8 Å². The van der Waals surface area contributed by atoms with Crippen LogP contribution in [0.15, 0.2) is 48.8 Å². The van der Waals surface area contributed by atoms with Gasteiger partial charge in [0.1, 0.15) is 5.82 Å². The van der Waals surface area contributed by atoms with Crippen molar-refractivity contribution in [1.29, 1.82) is 0 Å². The van der Waals surface area contributed by atoms with Gasteiger partial charge in [-0.15, -0.1) is 5.10 Å². The number of fused-ring (bicyclic) bond motifs is 1. The summed E-state index contributed by atoms with van der Waals surface area (Å²) in [4.78, 5) is 20.9. The smallest absolute Gasteiger partial charge is 0.251 e. The molecule has 0 unspecified atom stereocenters. The second kappa shape index (κ2) is 8.89. The van der Waals surface area contributed by atoms with Crippen molar-refractivity contribution in [2.45, 2.75) is 19.4 Å². The van der Waals surface area contributed by atoms with Gasteiger partial charge in [-0.1, -0.05) is 11.6 Å². The Kier molecular flexibility index (Phi) is 6.02. The van der Waals surface area contributed by atoms with Crippen molar-refractivity contribution in [2.75, 3.05) is 12.3 Å². The topological polar surface area (TPSA) is 118 Å². The van der Waals surface area contributed by atoms with E-state index in [9.17, 15) is 14.3 Å². The van der Waals surface area contributed by atoms with Gasteiger partial charge in [0.25, 0.3) is 5.91 Å². The van der Waals surface area contributed by atoms with Gasteiger partial charge in [-0.25, -0.2) is 8.91 Å². The summed E-state index contributed by atoms with van der Waals surface area (Å²) in [6, 6.07) is 9.41. The normalized spacial score (nSPS) is 12.1. The predicted octanol–water partition coefficient (Wildman–Crippen LogP) is 3.33. The van der Waals surface area contributed by atoms with Crippen molar-refractivity contribution >= 4 is 29.1 Å². The number of aryl methyl sites for hydroxylation is 1. The molecule has 1 atom stereocenters. The molecule has 8 nitrogen and oxygen atoms in total. The first-order valence-corrected chi connectivity index (χ1v) is 10.2. The molecular formula is C22H20ClFN6O2. The molecule has 164 valence electrons. The molecule has 0 aliphatic heterocycles. The number of aromatic nitrogens is 4. The molecule has 0 aliphatic carbocycles. The number of aliphatic hydroxyl groups is 1. The highest BCUT2D eigenvalue weighted by Crippen LogP contribution is 2.27. The van der Waals surface area contributed by atoms with Crippen molar-refractivity contribution in [2.24, 2.45) is 0 Å². The van der Waals surface area contributed by atoms with E-state index in [1.807, 2.05) is 0 Å². The molecule has 0 bridgehead atoms. The molecule has 4 rings (SSSR count). The summed E-state index contributed by atoms with van der Waals surface area (Å²) >= 11 is 5.80. The molecule has 0 saturated heterocycles. The maximum Gasteiger partial charge on any atom is 0.251 e. The number of hydrogen-bond acceptors (Lipinski definition) is 6. The summed E-state index contributed by atoms with van der Waals surface area (Å²) in [7, 11) is 0. The molecule has 10 heteroatoms. The summed E-state index contributed by atoms with van der Waals surface area (Å²) in [5.41, 5.74) is 8.17. The lowest BCUT2D eigenvalue weighted by molar-refractivity contribution is 0.0941. The zero-order chi connectivity index (χ0) is 22.8. The summed E-state index contributed by atoms with van der Waals surface area (Å²) < 4.78 is 16.2. The maximum atomic E-state index is 14.7. The number of carbonyl (C=O) groups is 1. The second-order valence-electron chi connectivity index (χ2n) is 7.30. The van der Waals surface area contributed by atoms with Crippen LogP contribution in [0.1, 0.15) is 34.1 Å². The molecule has 3 aromatic heterocycles. The zero-order valence-electron chi connectivity index (χ0n) is 17.1. The fraction of sp³-hybridized carbons (Fsp3) is 0.182. The lowest BCUT2D eigenvalue weighted by atomic mass is 9.99. The number of nitrogen functional groups attached to an aromatic ring is 1. The molecule has 1 amide bonds. The summed E-state index contributed by atoms with van der Waals surface area (Å²) in [5, 5.41) is 17.5. The molecule has 3 heterocycles. The van der Waals surface area contributed by atoms with Crippen LogP contribution in [-0.4, -0.2) is 37.1 Å². The Morgan fingerprint density at radius 1 is 1.31 bits per heavy atom. The minimum atomic E-state index is -0.847. The number of pyridine rings is 2. The van der Waals surface area contributed by atoms with Crippen molar-refractivity contribution in [1.82, 2.24) is 24.9 Å². The molecule has 0 aliphatic rings. The number of halogens is 2. The van der Waals surface area contributed by atoms with E-state index in [-0.39, 0.29) is 30.4 Å². The highest BCUT2D eigenvalue weighted by molar-refractivity contribution is 6.30. The van der Waals surface area contributed by atoms with Gasteiger partial charge in [-0.3, -0.25) is 9.78 Å². The van der Waals surface area contributed by atoms with Crippen LogP contribution in [-0.2, 0) is 0 Å². The van der Waals surface area contributed by atoms with Gasteiger partial charge in [-0.2, -0.15) is 4.98 Å². The van der Waals surface area contributed by atoms with Crippen LogP contribution in [0.3, 0.4) is 0 Å². The molecular weight excluding hydrogens is 435 g/mol. The number of nitrogens with zero attached hydrogens (tertiary/aromatic N) is 4. The zero-order valence-corrected chi connectivity index (χ0v) is 17.8. The van der Waals surface area contributed by atoms with Crippen molar-refractivity contribution < 1.29 is 14.3 Å². The fourth-order valence-corrected chi connectivity index (χ4v) is 3.47. The third-order valence-electron chi connectivity index (χ3n) is 5.02. The van der Waals surface area contributed by atoms with E-state index < -0.39 is 11.9 Å². The van der Waals surface area contributed by atoms with Gasteiger partial charge in [0.15, 0.2) is 5.65 Å². The summed E-state index contributed by atoms with van der Waals surface area (Å²) in [6.07, 6.45) is 2.49. The lowest BCUT2D eigenvalue weighted by Gasteiger charge is -2.13. The van der Waals surface area contributed by atoms with Crippen molar-refractivity contribution in [3.05, 3.63) is 76.5 Å². The molecule has 0 radical (unpaired) electrons. The van der Waals surface area contributed by atoms with E-state index in [0.717, 1.165) is 0 Å². The molecule has 32 heavy (non-hydrogen) atoms. The minimum Gasteiger partial charge on any atom is -0.387 e. The number of anilines is 1. The van der Waals surface area contributed by atoms with Crippen LogP contribution in [0, 0.1) is 12.7 Å². The van der Waals surface area contributed by atoms with E-state index in [2.05, 4.69) is 20.4 Å². The average Bonchev–Trinajstić information content (AvgIpc) is 3.13. The number of rotatable bonds is 6. The Morgan fingerprint density at radius 3 is 2.88 bits per heavy atom. The Labute approximate surface area is 187 Å². The monoisotopic (exact) mass is 454 g/mol. The van der Waals surface area contributed by atoms with Gasteiger partial charge in [0, 0.05) is 30.1 Å². The number of aliphatic hydroxyl groups excluding tert-OH is 1. The van der Waals surface area contributed by atoms with Gasteiger partial charge in [-0.05, 0) is 60.9 Å². The molecule has 0 saturated carbocycles. The average molecular weight is 455 g/mol. The van der Waals surface area contributed by atoms with Gasteiger partial charge >= 0.3 is 0 Å². The summed E-state index contributed by atoms with van der Waals surface area (Å²) in [6.45, 7) is 1.87. The predicted molar refractivity (Wildman–Crippen MR) is 119 cm³/mol. The Hall–Kier alpha value is -3.56. The van der Waals surface area contributed by atoms with E-state index in [4.69, 9.17) is 17.3 Å². The maximum absolute atomic E-state index is 14.7. The van der Waals surface area contributed by atoms with Gasteiger partial charge in [0.05, 0.1) is 16.8 Å². The number of nitrogens with two attached hydrogens (primary N) is 1. The van der Waals surface area contributed by atoms with Crippen molar-refractivity contribution in [3.8, 4) is 11.1 Å². The standard InChI is InChI=1S/C22H20ClFN6O2/c1-12-8-17(24)16(13-5-7-30-20(9-13)28-22(25)29-30)10-15(12)21(32)26-6-4-19(31)18-3-2-14(23)11-27-18/h2-3,5,7-11,19,31H,4,6H2,1H3,(H2,25,29)(H,26,32)/t19-/m0/s1. The summed E-state index contributed by atoms with van der Waals surface area (Å²) in [5.74, 6) is -0.712. The van der Waals surface area contributed by atoms with E-state index in [0.29, 0.717) is 33.1 Å². The number of benzene rings is 1. The van der Waals surface area contributed by atoms with Gasteiger partial charge < -0.3 is 16.2 Å². The molecule has 4 N–H and O–H groups in total. The third-order valence-corrected chi connectivity index (χ3v) is 5.24. The van der Waals surface area contributed by atoms with Crippen molar-refractivity contribution in [3.63, 3.8) is 0 Å². The highest BCUT2D eigenvalue weighted by atomic mass is 35.5. The largest absolute Gasteiger partial charge is 0.387 e. The SMILES string of the molecule is Cc1cc(F)c(-c2ccn3nc(N)nc3c2)cc1C(=O)NCC[C@H](O)c1ccc(Cl)cn1. The number of hydrogen-bond donors (Lipinski definition) is 3. The molecule has 0 spiro atoms. The Morgan fingerprint density at radius 2 is 2.12 bits per heavy atom. The Bertz CT molecular complexity index is 1290. The van der Waals surface area contributed by atoms with E-state index in [1.54, 1.807) is 37.4 Å². The number of nitrogens with one attached hydrogen (secondary N) is 1. The molecule has 0 fully saturated rings. The van der Waals surface area contributed by atoms with Crippen LogP contribution < -0.4 is 11.1 Å². The first kappa shape index (κ1) is 21.7. The van der Waals surface area contributed by atoms with Crippen LogP contribution in [0.5, 0.6) is 0 Å². The lowest BCUT2D eigenvalue weighted by Crippen LogP contribution is -2.26. The fourth-order valence-electron chi connectivity index (χ4n) is 3.35. The Balaban J connectivity index is 1.50. The third kappa shape index (κ3) is 4.53. The molecule has 4 aromatic rings. The number of carbonyl (C=O) groups excluding carboxylic acids is 1. The van der Waals surface area contributed by atoms with Crippen LogP contribution in [0.4, 0.5) is 10.3 Å². The quantitative estimate of drug-likeness (QED) is 0.411. The van der Waals surface area contributed by atoms with Gasteiger partial charge in [0.2, 0.25) is 5.95 Å². The number of amides is 1. The first-order chi connectivity index (χ1) is 15.3. The van der Waals surface area contributed by atoms with E-state index >= 15 is 0 Å².